The van der Waals surface area contributed by atoms with Gasteiger partial charge in [-0.05, 0) is 54.5 Å². The molecule has 0 aliphatic carbocycles. The number of hydrogen-bond acceptors (Lipinski definition) is 5. The Morgan fingerprint density at radius 2 is 1.28 bits per heavy atom. The summed E-state index contributed by atoms with van der Waals surface area (Å²) in [4.78, 5) is 17.6. The molecule has 5 aromatic carbocycles. The van der Waals surface area contributed by atoms with Crippen LogP contribution < -0.4 is 4.31 Å². The molecule has 0 N–H and O–H groups in total. The molecule has 1 amide bonds. The topological polar surface area (TPSA) is 70.2 Å². The Bertz CT molecular complexity index is 1820. The van der Waals surface area contributed by atoms with E-state index in [9.17, 15) is 13.2 Å². The monoisotopic (exact) mass is 647 g/mol. The summed E-state index contributed by atoms with van der Waals surface area (Å²) < 4.78 is 36.2. The minimum atomic E-state index is -3.91. The average molecular weight is 648 g/mol. The summed E-state index contributed by atoms with van der Waals surface area (Å²) in [5.74, 6) is 0. The van der Waals surface area contributed by atoms with E-state index in [0.717, 1.165) is 18.5 Å². The van der Waals surface area contributed by atoms with Gasteiger partial charge in [0, 0.05) is 43.6 Å². The van der Waals surface area contributed by atoms with E-state index in [1.54, 1.807) is 21.3 Å². The van der Waals surface area contributed by atoms with E-state index in [4.69, 9.17) is 4.74 Å². The van der Waals surface area contributed by atoms with Gasteiger partial charge in [0.05, 0.1) is 10.6 Å². The van der Waals surface area contributed by atoms with Crippen LogP contribution in [0.25, 0.3) is 10.8 Å². The highest BCUT2D eigenvalue weighted by Crippen LogP contribution is 2.33. The van der Waals surface area contributed by atoms with Crippen LogP contribution >= 0.6 is 0 Å². The van der Waals surface area contributed by atoms with E-state index >= 15 is 0 Å². The van der Waals surface area contributed by atoms with Crippen LogP contribution in [0.15, 0.2) is 138 Å². The second-order valence-corrected chi connectivity index (χ2v) is 13.9. The van der Waals surface area contributed by atoms with Crippen molar-refractivity contribution in [3.05, 3.63) is 145 Å². The van der Waals surface area contributed by atoms with E-state index in [1.807, 2.05) is 97.1 Å². The fourth-order valence-corrected chi connectivity index (χ4v) is 8.25. The van der Waals surface area contributed by atoms with Gasteiger partial charge in [0.1, 0.15) is 6.61 Å². The fraction of sp³-hybridized carbons (Fsp3) is 0.256. The van der Waals surface area contributed by atoms with Gasteiger partial charge in [0.25, 0.3) is 10.0 Å². The summed E-state index contributed by atoms with van der Waals surface area (Å²) in [6, 6.07) is 42.5. The highest BCUT2D eigenvalue weighted by molar-refractivity contribution is 7.93. The summed E-state index contributed by atoms with van der Waals surface area (Å²) in [6.07, 6.45) is 0.632. The van der Waals surface area contributed by atoms with Gasteiger partial charge in [-0.1, -0.05) is 115 Å². The molecule has 0 aromatic heterocycles. The Morgan fingerprint density at radius 1 is 0.745 bits per heavy atom. The van der Waals surface area contributed by atoms with Crippen LogP contribution in [-0.4, -0.2) is 56.1 Å². The second-order valence-electron chi connectivity index (χ2n) is 12.1. The summed E-state index contributed by atoms with van der Waals surface area (Å²) in [6.45, 7) is 4.63. The fourth-order valence-electron chi connectivity index (χ4n) is 6.32. The van der Waals surface area contributed by atoms with Gasteiger partial charge in [0.15, 0.2) is 0 Å². The third-order valence-corrected chi connectivity index (χ3v) is 10.8. The van der Waals surface area contributed by atoms with E-state index in [-0.39, 0.29) is 29.7 Å². The van der Waals surface area contributed by atoms with Gasteiger partial charge in [0.2, 0.25) is 0 Å². The van der Waals surface area contributed by atoms with Crippen LogP contribution in [0.1, 0.15) is 30.9 Å². The molecule has 1 saturated heterocycles. The number of sulfonamides is 1. The summed E-state index contributed by atoms with van der Waals surface area (Å²) >= 11 is 0. The summed E-state index contributed by atoms with van der Waals surface area (Å²) in [7, 11) is -3.91. The predicted octanol–water partition coefficient (Wildman–Crippen LogP) is 7.73. The maximum atomic E-state index is 14.4. The maximum absolute atomic E-state index is 14.4. The number of carbonyl (C=O) groups is 1. The van der Waals surface area contributed by atoms with Crippen molar-refractivity contribution in [2.75, 3.05) is 24.0 Å². The quantitative estimate of drug-likeness (QED) is 0.147. The van der Waals surface area contributed by atoms with Crippen LogP contribution in [0, 0.1) is 0 Å². The maximum Gasteiger partial charge on any atom is 0.409 e. The van der Waals surface area contributed by atoms with Crippen molar-refractivity contribution in [3.63, 3.8) is 0 Å². The number of amides is 1. The van der Waals surface area contributed by atoms with Gasteiger partial charge in [-0.2, -0.15) is 0 Å². The van der Waals surface area contributed by atoms with E-state index in [1.165, 1.54) is 11.1 Å². The first kappa shape index (κ1) is 32.3. The molecule has 0 spiro atoms. The van der Waals surface area contributed by atoms with Gasteiger partial charge < -0.3 is 9.64 Å². The third-order valence-electron chi connectivity index (χ3n) is 8.88. The lowest BCUT2D eigenvalue weighted by molar-refractivity contribution is 0.0592. The largest absolute Gasteiger partial charge is 0.448 e. The van der Waals surface area contributed by atoms with Crippen molar-refractivity contribution in [3.8, 4) is 0 Å². The zero-order valence-corrected chi connectivity index (χ0v) is 27.5. The number of carbonyl (C=O) groups excluding carboxylic acids is 1. The molecule has 1 atom stereocenters. The Kier molecular flexibility index (Phi) is 10.2. The highest BCUT2D eigenvalue weighted by Gasteiger charge is 2.36. The Hall–Kier alpha value is -4.66. The number of benzene rings is 5. The van der Waals surface area contributed by atoms with Crippen LogP contribution in [0.4, 0.5) is 10.5 Å². The van der Waals surface area contributed by atoms with Crippen molar-refractivity contribution < 1.29 is 17.9 Å². The molecule has 242 valence electrons. The molecule has 1 fully saturated rings. The van der Waals surface area contributed by atoms with Gasteiger partial charge in [-0.15, -0.1) is 0 Å². The summed E-state index contributed by atoms with van der Waals surface area (Å²) in [5, 5.41) is 1.57. The normalized spacial score (nSPS) is 14.6. The van der Waals surface area contributed by atoms with Crippen molar-refractivity contribution in [2.24, 2.45) is 0 Å². The van der Waals surface area contributed by atoms with Crippen molar-refractivity contribution in [2.45, 2.75) is 49.8 Å². The number of para-hydroxylation sites is 1. The standard InChI is InChI=1S/C39H41N3O4S/c1-31(41(28-32-14-5-2-6-15-32)29-33-16-7-3-8-17-33)30-46-39(43)40-26-24-36(25-27-40)42(35-20-9-4-10-21-35)47(44,45)38-23-13-19-34-18-11-12-22-37(34)38/h2-23,31,36H,24-30H2,1H3. The van der Waals surface area contributed by atoms with E-state index in [0.29, 0.717) is 37.0 Å². The Labute approximate surface area is 278 Å². The average Bonchev–Trinajstić information content (AvgIpc) is 3.11. The first-order valence-corrected chi connectivity index (χ1v) is 17.6. The lowest BCUT2D eigenvalue weighted by atomic mass is 10.0. The van der Waals surface area contributed by atoms with Crippen molar-refractivity contribution in [1.29, 1.82) is 0 Å². The molecule has 0 radical (unpaired) electrons. The molecular formula is C39H41N3O4S. The first-order valence-electron chi connectivity index (χ1n) is 16.2. The highest BCUT2D eigenvalue weighted by atomic mass is 32.2. The van der Waals surface area contributed by atoms with E-state index < -0.39 is 10.0 Å². The zero-order valence-electron chi connectivity index (χ0n) is 26.7. The number of piperidine rings is 1. The zero-order chi connectivity index (χ0) is 32.6. The number of fused-ring (bicyclic) bond motifs is 1. The molecule has 6 rings (SSSR count). The SMILES string of the molecule is CC(COC(=O)N1CCC(N(c2ccccc2)S(=O)(=O)c2cccc3ccccc23)CC1)N(Cc1ccccc1)Cc1ccccc1. The lowest BCUT2D eigenvalue weighted by Crippen LogP contribution is -2.49. The number of ether oxygens (including phenoxy) is 1. The minimum Gasteiger partial charge on any atom is -0.448 e. The molecular weight excluding hydrogens is 607 g/mol. The molecule has 0 bridgehead atoms. The number of anilines is 1. The van der Waals surface area contributed by atoms with Crippen LogP contribution in [0.3, 0.4) is 0 Å². The first-order chi connectivity index (χ1) is 22.9. The van der Waals surface area contributed by atoms with Crippen LogP contribution in [0.5, 0.6) is 0 Å². The van der Waals surface area contributed by atoms with Crippen LogP contribution in [0.2, 0.25) is 0 Å². The van der Waals surface area contributed by atoms with Gasteiger partial charge in [-0.3, -0.25) is 9.21 Å². The number of likely N-dealkylation sites (tertiary alicyclic amines) is 1. The summed E-state index contributed by atoms with van der Waals surface area (Å²) in [5.41, 5.74) is 3.02. The number of nitrogens with zero attached hydrogens (tertiary/aromatic N) is 3. The van der Waals surface area contributed by atoms with Crippen molar-refractivity contribution >= 4 is 32.6 Å². The lowest BCUT2D eigenvalue weighted by Gasteiger charge is -2.39. The minimum absolute atomic E-state index is 0.0173. The molecule has 8 heteroatoms. The molecule has 0 saturated carbocycles. The Balaban J connectivity index is 1.13. The molecule has 7 nitrogen and oxygen atoms in total. The van der Waals surface area contributed by atoms with Gasteiger partial charge >= 0.3 is 6.09 Å². The van der Waals surface area contributed by atoms with E-state index in [2.05, 4.69) is 36.1 Å². The molecule has 47 heavy (non-hydrogen) atoms. The van der Waals surface area contributed by atoms with Gasteiger partial charge in [-0.25, -0.2) is 13.2 Å². The number of rotatable bonds is 11. The van der Waals surface area contributed by atoms with Crippen LogP contribution in [-0.2, 0) is 27.8 Å². The molecule has 1 heterocycles. The predicted molar refractivity (Wildman–Crippen MR) is 188 cm³/mol. The smallest absolute Gasteiger partial charge is 0.409 e. The Morgan fingerprint density at radius 3 is 1.89 bits per heavy atom. The second kappa shape index (κ2) is 14.8. The number of hydrogen-bond donors (Lipinski definition) is 0. The third kappa shape index (κ3) is 7.67. The molecule has 1 aliphatic rings. The molecule has 1 unspecified atom stereocenters. The molecule has 1 aliphatic heterocycles. The van der Waals surface area contributed by atoms with Crippen molar-refractivity contribution in [1.82, 2.24) is 9.80 Å². The molecule has 5 aromatic rings.